The van der Waals surface area contributed by atoms with Crippen molar-refractivity contribution in [1.82, 2.24) is 0 Å². The van der Waals surface area contributed by atoms with E-state index >= 15 is 0 Å². The van der Waals surface area contributed by atoms with Crippen molar-refractivity contribution in [3.8, 4) is 0 Å². The van der Waals surface area contributed by atoms with Gasteiger partial charge in [-0.3, -0.25) is 0 Å². The highest BCUT2D eigenvalue weighted by atomic mass is 28.3. The number of nitrogens with zero attached hydrogens (tertiary/aromatic N) is 2. The summed E-state index contributed by atoms with van der Waals surface area (Å²) in [5.41, 5.74) is 7.52. The third-order valence-electron chi connectivity index (χ3n) is 11.4. The van der Waals surface area contributed by atoms with E-state index in [9.17, 15) is 8.78 Å². The van der Waals surface area contributed by atoms with Crippen molar-refractivity contribution in [1.29, 1.82) is 0 Å². The van der Waals surface area contributed by atoms with Crippen molar-refractivity contribution in [3.63, 3.8) is 0 Å². The van der Waals surface area contributed by atoms with Crippen molar-refractivity contribution in [2.45, 2.75) is 116 Å². The molecule has 4 aromatic rings. The smallest absolute Gasteiger partial charge is 0.123 e. The monoisotopic (exact) mass is 708 g/mol. The fourth-order valence-electron chi connectivity index (χ4n) is 9.71. The van der Waals surface area contributed by atoms with Crippen LogP contribution in [0.4, 0.5) is 20.2 Å². The first kappa shape index (κ1) is 39.3. The SMILES string of the molecule is CC(C)[Si](c1ccccc1N=C(C(=Nc1ccccc1[Si](C(C)C)(C(C)C)C(C)C)c1ccc(F)cc1)c1ccc(F)cc1)(C(C)C)C(C)C. The Morgan fingerprint density at radius 3 is 0.920 bits per heavy atom. The van der Waals surface area contributed by atoms with Crippen LogP contribution < -0.4 is 10.4 Å². The van der Waals surface area contributed by atoms with E-state index in [-0.39, 0.29) is 11.6 Å². The molecule has 6 heteroatoms. The lowest BCUT2D eigenvalue weighted by Crippen LogP contribution is -2.55. The van der Waals surface area contributed by atoms with Crippen LogP contribution in [0.3, 0.4) is 0 Å². The number of hydrogen-bond donors (Lipinski definition) is 0. The molecule has 0 aromatic heterocycles. The number of rotatable bonds is 13. The second-order valence-corrected chi connectivity index (χ2v) is 27.5. The summed E-state index contributed by atoms with van der Waals surface area (Å²) in [7, 11) is -4.29. The molecule has 0 spiro atoms. The Hall–Kier alpha value is -3.49. The van der Waals surface area contributed by atoms with Crippen LogP contribution in [0.2, 0.25) is 33.2 Å². The van der Waals surface area contributed by atoms with Crippen LogP contribution in [-0.4, -0.2) is 27.6 Å². The molecule has 0 amide bonds. The molecule has 0 saturated carbocycles. The molecule has 4 rings (SSSR count). The second kappa shape index (κ2) is 16.2. The Bertz CT molecular complexity index is 1610. The fraction of sp³-hybridized carbons (Fsp3) is 0.409. The minimum Gasteiger partial charge on any atom is -0.246 e. The molecule has 0 aliphatic carbocycles. The zero-order valence-electron chi connectivity index (χ0n) is 32.4. The van der Waals surface area contributed by atoms with Gasteiger partial charge in [0, 0.05) is 11.1 Å². The van der Waals surface area contributed by atoms with Gasteiger partial charge in [0.25, 0.3) is 0 Å². The fourth-order valence-corrected chi connectivity index (χ4v) is 23.4. The Kier molecular flexibility index (Phi) is 12.8. The standard InChI is InChI=1S/C44H58F2N2Si2/c1-29(2)49(30(3)4,31(5)6)41-19-15-13-17-39(41)47-43(35-21-25-37(45)26-22-35)44(36-23-27-38(46)28-24-36)48-40-18-14-16-20-42(40)50(32(7)8,33(9)10)34(11)12/h13-34H,1-12H3. The van der Waals surface area contributed by atoms with Gasteiger partial charge in [-0.15, -0.1) is 0 Å². The van der Waals surface area contributed by atoms with E-state index in [0.717, 1.165) is 22.5 Å². The Morgan fingerprint density at radius 2 is 0.660 bits per heavy atom. The number of aliphatic imine (C=N–C) groups is 2. The molecular weight excluding hydrogens is 651 g/mol. The number of para-hydroxylation sites is 2. The van der Waals surface area contributed by atoms with E-state index in [0.29, 0.717) is 44.7 Å². The molecule has 0 fully saturated rings. The van der Waals surface area contributed by atoms with Crippen LogP contribution in [0, 0.1) is 11.6 Å². The van der Waals surface area contributed by atoms with Crippen molar-refractivity contribution >= 4 is 49.3 Å². The molecule has 2 nitrogen and oxygen atoms in total. The maximum atomic E-state index is 14.5. The molecule has 50 heavy (non-hydrogen) atoms. The molecule has 0 radical (unpaired) electrons. The molecule has 0 atom stereocenters. The average molecular weight is 709 g/mol. The van der Waals surface area contributed by atoms with Crippen molar-refractivity contribution < 1.29 is 8.78 Å². The topological polar surface area (TPSA) is 24.7 Å². The molecule has 0 aliphatic rings. The molecule has 0 aliphatic heterocycles. The minimum atomic E-state index is -2.14. The van der Waals surface area contributed by atoms with Gasteiger partial charge in [0.05, 0.1) is 38.9 Å². The Morgan fingerprint density at radius 1 is 0.400 bits per heavy atom. The average Bonchev–Trinajstić information content (AvgIpc) is 3.04. The summed E-state index contributed by atoms with van der Waals surface area (Å²) in [6, 6.07) is 30.3. The van der Waals surface area contributed by atoms with Crippen LogP contribution >= 0.6 is 0 Å². The summed E-state index contributed by atoms with van der Waals surface area (Å²) in [6.07, 6.45) is 0. The Labute approximate surface area is 303 Å². The number of benzene rings is 4. The summed E-state index contributed by atoms with van der Waals surface area (Å²) in [5, 5.41) is 2.65. The lowest BCUT2D eigenvalue weighted by Gasteiger charge is -2.44. The maximum Gasteiger partial charge on any atom is 0.123 e. The van der Waals surface area contributed by atoms with Gasteiger partial charge in [-0.1, -0.05) is 119 Å². The first-order valence-electron chi connectivity index (χ1n) is 18.5. The highest BCUT2D eigenvalue weighted by Crippen LogP contribution is 2.44. The molecule has 4 aromatic carbocycles. The predicted octanol–water partition coefficient (Wildman–Crippen LogP) is 12.7. The molecule has 0 heterocycles. The van der Waals surface area contributed by atoms with Gasteiger partial charge in [-0.2, -0.15) is 0 Å². The van der Waals surface area contributed by atoms with E-state index in [4.69, 9.17) is 9.98 Å². The highest BCUT2D eigenvalue weighted by Gasteiger charge is 2.47. The lowest BCUT2D eigenvalue weighted by molar-refractivity contribution is 0.627. The van der Waals surface area contributed by atoms with Gasteiger partial charge >= 0.3 is 0 Å². The number of halogens is 2. The largest absolute Gasteiger partial charge is 0.246 e. The van der Waals surface area contributed by atoms with E-state index < -0.39 is 16.1 Å². The summed E-state index contributed by atoms with van der Waals surface area (Å²) in [4.78, 5) is 11.2. The third kappa shape index (κ3) is 7.43. The lowest BCUT2D eigenvalue weighted by atomic mass is 9.99. The van der Waals surface area contributed by atoms with Gasteiger partial charge in [0.15, 0.2) is 0 Å². The predicted molar refractivity (Wildman–Crippen MR) is 219 cm³/mol. The molecule has 0 saturated heterocycles. The summed E-state index contributed by atoms with van der Waals surface area (Å²) in [6.45, 7) is 28.4. The van der Waals surface area contributed by atoms with E-state index in [2.05, 4.69) is 132 Å². The van der Waals surface area contributed by atoms with E-state index in [1.165, 1.54) is 34.6 Å². The molecule has 0 bridgehead atoms. The molecule has 0 N–H and O–H groups in total. The normalized spacial score (nSPS) is 13.5. The zero-order chi connectivity index (χ0) is 37.0. The summed E-state index contributed by atoms with van der Waals surface area (Å²) < 4.78 is 29.0. The molecule has 266 valence electrons. The maximum absolute atomic E-state index is 14.5. The van der Waals surface area contributed by atoms with Gasteiger partial charge in [0.2, 0.25) is 0 Å². The van der Waals surface area contributed by atoms with Crippen molar-refractivity contribution in [2.75, 3.05) is 0 Å². The molecule has 0 unspecified atom stereocenters. The third-order valence-corrected chi connectivity index (χ3v) is 25.6. The quantitative estimate of drug-likeness (QED) is 0.0976. The number of hydrogen-bond acceptors (Lipinski definition) is 2. The minimum absolute atomic E-state index is 0.313. The van der Waals surface area contributed by atoms with E-state index in [1.807, 2.05) is 0 Å². The van der Waals surface area contributed by atoms with Crippen LogP contribution in [0.15, 0.2) is 107 Å². The van der Waals surface area contributed by atoms with Crippen LogP contribution in [0.25, 0.3) is 0 Å². The van der Waals surface area contributed by atoms with Gasteiger partial charge in [-0.05, 0) is 104 Å². The van der Waals surface area contributed by atoms with Gasteiger partial charge in [-0.25, -0.2) is 18.8 Å². The van der Waals surface area contributed by atoms with Crippen LogP contribution in [0.5, 0.6) is 0 Å². The Balaban J connectivity index is 2.19. The van der Waals surface area contributed by atoms with Crippen LogP contribution in [0.1, 0.15) is 94.2 Å². The zero-order valence-corrected chi connectivity index (χ0v) is 34.4. The van der Waals surface area contributed by atoms with Crippen molar-refractivity contribution in [2.24, 2.45) is 9.98 Å². The van der Waals surface area contributed by atoms with Crippen molar-refractivity contribution in [3.05, 3.63) is 120 Å². The van der Waals surface area contributed by atoms with Crippen LogP contribution in [-0.2, 0) is 0 Å². The molecular formula is C44H58F2N2Si2. The first-order valence-corrected chi connectivity index (χ1v) is 22.9. The summed E-state index contributed by atoms with van der Waals surface area (Å²) in [5.74, 6) is -0.627. The first-order chi connectivity index (χ1) is 23.6. The summed E-state index contributed by atoms with van der Waals surface area (Å²) >= 11 is 0. The highest BCUT2D eigenvalue weighted by molar-refractivity contribution is 6.96. The van der Waals surface area contributed by atoms with Gasteiger partial charge < -0.3 is 0 Å². The second-order valence-electron chi connectivity index (χ2n) is 15.8. The van der Waals surface area contributed by atoms with Gasteiger partial charge in [0.1, 0.15) is 11.6 Å². The van der Waals surface area contributed by atoms with E-state index in [1.54, 1.807) is 24.3 Å².